The summed E-state index contributed by atoms with van der Waals surface area (Å²) >= 11 is 7.29. The summed E-state index contributed by atoms with van der Waals surface area (Å²) in [6, 6.07) is 8.19. The van der Waals surface area contributed by atoms with Crippen molar-refractivity contribution in [3.8, 4) is 11.4 Å². The second-order valence-electron chi connectivity index (χ2n) is 4.67. The molecule has 0 aliphatic heterocycles. The average Bonchev–Trinajstić information content (AvgIpc) is 3.02. The van der Waals surface area contributed by atoms with Crippen molar-refractivity contribution in [1.82, 2.24) is 15.1 Å². The summed E-state index contributed by atoms with van der Waals surface area (Å²) in [5.41, 5.74) is -0.526. The molecule has 0 amide bonds. The lowest BCUT2D eigenvalue weighted by Crippen LogP contribution is -2.04. The molecule has 0 saturated carbocycles. The van der Waals surface area contributed by atoms with Crippen LogP contribution in [-0.2, 0) is 11.9 Å². The van der Waals surface area contributed by atoms with Gasteiger partial charge in [-0.15, -0.1) is 0 Å². The van der Waals surface area contributed by atoms with E-state index in [1.807, 2.05) is 0 Å². The average molecular weight is 372 g/mol. The van der Waals surface area contributed by atoms with Crippen LogP contribution in [0.1, 0.15) is 11.5 Å². The first-order chi connectivity index (χ1) is 11.4. The van der Waals surface area contributed by atoms with Crippen molar-refractivity contribution < 1.29 is 17.7 Å². The van der Waals surface area contributed by atoms with Crippen LogP contribution in [0.2, 0.25) is 5.02 Å². The number of aromatic nitrogens is 3. The van der Waals surface area contributed by atoms with Crippen LogP contribution >= 0.6 is 23.4 Å². The Morgan fingerprint density at radius 2 is 2.00 bits per heavy atom. The monoisotopic (exact) mass is 371 g/mol. The van der Waals surface area contributed by atoms with Crippen molar-refractivity contribution in [2.75, 3.05) is 0 Å². The normalized spacial score (nSPS) is 11.7. The van der Waals surface area contributed by atoms with E-state index in [4.69, 9.17) is 16.1 Å². The summed E-state index contributed by atoms with van der Waals surface area (Å²) in [5.74, 6) is 0.681. The van der Waals surface area contributed by atoms with E-state index in [1.165, 1.54) is 23.9 Å². The Bertz CT molecular complexity index is 854. The van der Waals surface area contributed by atoms with E-state index in [1.54, 1.807) is 18.3 Å². The van der Waals surface area contributed by atoms with Gasteiger partial charge in [-0.3, -0.25) is 0 Å². The minimum Gasteiger partial charge on any atom is -0.338 e. The van der Waals surface area contributed by atoms with Crippen LogP contribution in [0.5, 0.6) is 0 Å². The number of hydrogen-bond donors (Lipinski definition) is 0. The summed E-state index contributed by atoms with van der Waals surface area (Å²) in [4.78, 5) is 8.22. The zero-order valence-corrected chi connectivity index (χ0v) is 13.5. The predicted octanol–water partition coefficient (Wildman–Crippen LogP) is 5.10. The largest absolute Gasteiger partial charge is 0.416 e. The van der Waals surface area contributed by atoms with E-state index in [-0.39, 0.29) is 17.3 Å². The SMILES string of the molecule is FC(F)(F)c1cccc(-c2noc(CSc3ncccc3Cl)n2)c1. The van der Waals surface area contributed by atoms with E-state index < -0.39 is 11.7 Å². The molecule has 0 saturated heterocycles. The molecule has 124 valence electrons. The van der Waals surface area contributed by atoms with Crippen LogP contribution in [0.25, 0.3) is 11.4 Å². The molecular formula is C15H9ClF3N3OS. The Morgan fingerprint density at radius 3 is 2.75 bits per heavy atom. The van der Waals surface area contributed by atoms with Gasteiger partial charge in [-0.1, -0.05) is 40.7 Å². The number of alkyl halides is 3. The highest BCUT2D eigenvalue weighted by Gasteiger charge is 2.30. The molecule has 0 aliphatic rings. The second kappa shape index (κ2) is 6.82. The fraction of sp³-hybridized carbons (Fsp3) is 0.133. The third-order valence-electron chi connectivity index (χ3n) is 2.97. The first-order valence-corrected chi connectivity index (χ1v) is 8.03. The number of pyridine rings is 1. The van der Waals surface area contributed by atoms with Gasteiger partial charge in [-0.05, 0) is 24.3 Å². The molecule has 0 unspecified atom stereocenters. The van der Waals surface area contributed by atoms with E-state index in [0.717, 1.165) is 12.1 Å². The van der Waals surface area contributed by atoms with Crippen molar-refractivity contribution in [3.05, 3.63) is 59.1 Å². The van der Waals surface area contributed by atoms with Crippen molar-refractivity contribution in [2.45, 2.75) is 17.0 Å². The molecule has 0 bridgehead atoms. The van der Waals surface area contributed by atoms with Gasteiger partial charge in [0.15, 0.2) is 0 Å². The molecule has 1 aromatic carbocycles. The molecule has 0 atom stereocenters. The van der Waals surface area contributed by atoms with Gasteiger partial charge < -0.3 is 4.52 Å². The van der Waals surface area contributed by atoms with E-state index in [9.17, 15) is 13.2 Å². The maximum absolute atomic E-state index is 12.7. The van der Waals surface area contributed by atoms with Gasteiger partial charge in [0.2, 0.25) is 11.7 Å². The van der Waals surface area contributed by atoms with Crippen LogP contribution in [0.4, 0.5) is 13.2 Å². The highest BCUT2D eigenvalue weighted by molar-refractivity contribution is 7.98. The lowest BCUT2D eigenvalue weighted by molar-refractivity contribution is -0.137. The third kappa shape index (κ3) is 3.88. The zero-order valence-electron chi connectivity index (χ0n) is 11.9. The molecule has 3 aromatic rings. The molecule has 0 fully saturated rings. The maximum Gasteiger partial charge on any atom is 0.416 e. The molecule has 2 aromatic heterocycles. The number of benzene rings is 1. The molecule has 0 spiro atoms. The number of nitrogens with zero attached hydrogens (tertiary/aromatic N) is 3. The summed E-state index contributed by atoms with van der Waals surface area (Å²) in [7, 11) is 0. The van der Waals surface area contributed by atoms with Crippen molar-refractivity contribution >= 4 is 23.4 Å². The van der Waals surface area contributed by atoms with E-state index in [0.29, 0.717) is 15.8 Å². The lowest BCUT2D eigenvalue weighted by atomic mass is 10.1. The van der Waals surface area contributed by atoms with Crippen molar-refractivity contribution in [2.24, 2.45) is 0 Å². The van der Waals surface area contributed by atoms with Crippen LogP contribution in [0.15, 0.2) is 52.1 Å². The molecular weight excluding hydrogens is 363 g/mol. The molecule has 24 heavy (non-hydrogen) atoms. The minimum absolute atomic E-state index is 0.101. The van der Waals surface area contributed by atoms with Gasteiger partial charge in [-0.2, -0.15) is 18.2 Å². The summed E-state index contributed by atoms with van der Waals surface area (Å²) in [5, 5.41) is 4.83. The van der Waals surface area contributed by atoms with Gasteiger partial charge in [0.25, 0.3) is 0 Å². The predicted molar refractivity (Wildman–Crippen MR) is 83.5 cm³/mol. The van der Waals surface area contributed by atoms with Gasteiger partial charge in [0.05, 0.1) is 16.3 Å². The minimum atomic E-state index is -4.42. The second-order valence-corrected chi connectivity index (χ2v) is 6.04. The molecule has 9 heteroatoms. The van der Waals surface area contributed by atoms with Gasteiger partial charge >= 0.3 is 6.18 Å². The summed E-state index contributed by atoms with van der Waals surface area (Å²) < 4.78 is 43.3. The van der Waals surface area contributed by atoms with Crippen molar-refractivity contribution in [3.63, 3.8) is 0 Å². The smallest absolute Gasteiger partial charge is 0.338 e. The number of hydrogen-bond acceptors (Lipinski definition) is 5. The fourth-order valence-electron chi connectivity index (χ4n) is 1.87. The maximum atomic E-state index is 12.7. The molecule has 0 radical (unpaired) electrons. The van der Waals surface area contributed by atoms with Gasteiger partial charge in [-0.25, -0.2) is 4.98 Å². The van der Waals surface area contributed by atoms with E-state index >= 15 is 0 Å². The third-order valence-corrected chi connectivity index (χ3v) is 4.38. The topological polar surface area (TPSA) is 51.8 Å². The fourth-order valence-corrected chi connectivity index (χ4v) is 2.88. The van der Waals surface area contributed by atoms with Crippen molar-refractivity contribution in [1.29, 1.82) is 0 Å². The first-order valence-electron chi connectivity index (χ1n) is 6.67. The molecule has 4 nitrogen and oxygen atoms in total. The highest BCUT2D eigenvalue weighted by Crippen LogP contribution is 2.32. The van der Waals surface area contributed by atoms with Crippen LogP contribution in [0.3, 0.4) is 0 Å². The number of halogens is 4. The van der Waals surface area contributed by atoms with Crippen LogP contribution in [0, 0.1) is 0 Å². The van der Waals surface area contributed by atoms with Crippen LogP contribution < -0.4 is 0 Å². The summed E-state index contributed by atoms with van der Waals surface area (Å²) in [6.07, 6.45) is -2.82. The standard InChI is InChI=1S/C15H9ClF3N3OS/c16-11-5-2-6-20-14(11)24-8-12-21-13(22-23-12)9-3-1-4-10(7-9)15(17,18)19/h1-7H,8H2. The Labute approximate surface area is 144 Å². The highest BCUT2D eigenvalue weighted by atomic mass is 35.5. The zero-order chi connectivity index (χ0) is 17.2. The Hall–Kier alpha value is -2.06. The van der Waals surface area contributed by atoms with Crippen LogP contribution in [-0.4, -0.2) is 15.1 Å². The van der Waals surface area contributed by atoms with E-state index in [2.05, 4.69) is 15.1 Å². The summed E-state index contributed by atoms with van der Waals surface area (Å²) in [6.45, 7) is 0. The van der Waals surface area contributed by atoms with Gasteiger partial charge in [0.1, 0.15) is 5.03 Å². The molecule has 0 aliphatic carbocycles. The molecule has 0 N–H and O–H groups in total. The molecule has 2 heterocycles. The molecule has 3 rings (SSSR count). The first kappa shape index (κ1) is 16.8. The lowest BCUT2D eigenvalue weighted by Gasteiger charge is -2.06. The quantitative estimate of drug-likeness (QED) is 0.597. The Kier molecular flexibility index (Phi) is 4.77. The van der Waals surface area contributed by atoms with Gasteiger partial charge in [0, 0.05) is 11.8 Å². The Balaban J connectivity index is 1.75. The number of thioether (sulfide) groups is 1. The Morgan fingerprint density at radius 1 is 1.17 bits per heavy atom. The number of rotatable bonds is 4.